The zero-order valence-electron chi connectivity index (χ0n) is 18.0. The Bertz CT molecular complexity index is 956. The molecule has 2 amide bonds. The van der Waals surface area contributed by atoms with Crippen LogP contribution in [-0.4, -0.2) is 64.1 Å². The number of amides is 2. The minimum Gasteiger partial charge on any atom is -0.340 e. The fraction of sp³-hybridized carbons (Fsp3) is 0.565. The van der Waals surface area contributed by atoms with E-state index in [1.165, 1.54) is 10.6 Å². The molecule has 3 atom stereocenters. The lowest BCUT2D eigenvalue weighted by molar-refractivity contribution is -0.132. The quantitative estimate of drug-likeness (QED) is 0.818. The van der Waals surface area contributed by atoms with Crippen molar-refractivity contribution in [1.82, 2.24) is 19.7 Å². The standard InChI is InChI=1S/C23H31FN4O2/c1-15-7-8-21(24)20-9-10-28(22(15)20)23(30)25-18-5-4-6-19(13-18)27-12-11-26(17(3)29)14-16(27)2/h7-10,16,18-19H,4-6,11-14H2,1-3H3,(H,25,30)/t16?,18-,19+/m1/s1. The first-order valence-electron chi connectivity index (χ1n) is 10.9. The molecule has 0 radical (unpaired) electrons. The zero-order chi connectivity index (χ0) is 21.4. The fourth-order valence-electron chi connectivity index (χ4n) is 5.20. The molecule has 7 heteroatoms. The third-order valence-corrected chi connectivity index (χ3v) is 6.78. The minimum atomic E-state index is -0.307. The third-order valence-electron chi connectivity index (χ3n) is 6.78. The Morgan fingerprint density at radius 2 is 1.97 bits per heavy atom. The van der Waals surface area contributed by atoms with Gasteiger partial charge in [-0.3, -0.25) is 14.3 Å². The molecular weight excluding hydrogens is 383 g/mol. The zero-order valence-corrected chi connectivity index (χ0v) is 18.0. The number of nitrogens with zero attached hydrogens (tertiary/aromatic N) is 3. The Morgan fingerprint density at radius 1 is 1.17 bits per heavy atom. The summed E-state index contributed by atoms with van der Waals surface area (Å²) in [5.41, 5.74) is 1.51. The molecule has 2 fully saturated rings. The summed E-state index contributed by atoms with van der Waals surface area (Å²) in [6, 6.07) is 5.45. The van der Waals surface area contributed by atoms with Crippen LogP contribution in [0.2, 0.25) is 0 Å². The van der Waals surface area contributed by atoms with Gasteiger partial charge in [0.1, 0.15) is 5.82 Å². The molecule has 0 spiro atoms. The van der Waals surface area contributed by atoms with Crippen molar-refractivity contribution in [3.8, 4) is 0 Å². The Balaban J connectivity index is 1.43. The third kappa shape index (κ3) is 3.95. The van der Waals surface area contributed by atoms with Crippen molar-refractivity contribution in [2.75, 3.05) is 19.6 Å². The van der Waals surface area contributed by atoms with Gasteiger partial charge in [-0.05, 0) is 57.2 Å². The van der Waals surface area contributed by atoms with Gasteiger partial charge in [-0.15, -0.1) is 0 Å². The summed E-state index contributed by atoms with van der Waals surface area (Å²) in [5, 5.41) is 3.66. The Hall–Kier alpha value is -2.41. The molecule has 1 aromatic heterocycles. The number of hydrogen-bond acceptors (Lipinski definition) is 3. The van der Waals surface area contributed by atoms with Crippen LogP contribution in [0, 0.1) is 12.7 Å². The van der Waals surface area contributed by atoms with Crippen LogP contribution in [0.15, 0.2) is 24.4 Å². The number of hydrogen-bond donors (Lipinski definition) is 1. The van der Waals surface area contributed by atoms with E-state index in [1.54, 1.807) is 25.3 Å². The molecule has 2 aliphatic rings. The Morgan fingerprint density at radius 3 is 2.70 bits per heavy atom. The number of rotatable bonds is 2. The molecule has 4 rings (SSSR count). The van der Waals surface area contributed by atoms with E-state index in [9.17, 15) is 14.0 Å². The second kappa shape index (κ2) is 8.38. The molecule has 1 saturated carbocycles. The van der Waals surface area contributed by atoms with E-state index >= 15 is 0 Å². The highest BCUT2D eigenvalue weighted by Crippen LogP contribution is 2.27. The summed E-state index contributed by atoms with van der Waals surface area (Å²) < 4.78 is 15.6. The molecule has 1 aromatic carbocycles. The van der Waals surface area contributed by atoms with E-state index in [0.29, 0.717) is 23.0 Å². The van der Waals surface area contributed by atoms with Crippen LogP contribution in [-0.2, 0) is 4.79 Å². The van der Waals surface area contributed by atoms with Gasteiger partial charge in [-0.2, -0.15) is 0 Å². The maximum Gasteiger partial charge on any atom is 0.326 e. The van der Waals surface area contributed by atoms with Crippen molar-refractivity contribution in [1.29, 1.82) is 0 Å². The predicted molar refractivity (Wildman–Crippen MR) is 115 cm³/mol. The van der Waals surface area contributed by atoms with E-state index < -0.39 is 0 Å². The summed E-state index contributed by atoms with van der Waals surface area (Å²) in [5.74, 6) is -0.167. The molecular formula is C23H31FN4O2. The average Bonchev–Trinajstić information content (AvgIpc) is 3.17. The van der Waals surface area contributed by atoms with Gasteiger partial charge in [-0.25, -0.2) is 9.18 Å². The lowest BCUT2D eigenvalue weighted by atomic mass is 9.88. The van der Waals surface area contributed by atoms with Crippen LogP contribution in [0.3, 0.4) is 0 Å². The smallest absolute Gasteiger partial charge is 0.326 e. The second-order valence-electron chi connectivity index (χ2n) is 8.83. The van der Waals surface area contributed by atoms with Crippen molar-refractivity contribution in [3.63, 3.8) is 0 Å². The number of fused-ring (bicyclic) bond motifs is 1. The number of aromatic nitrogens is 1. The molecule has 1 unspecified atom stereocenters. The summed E-state index contributed by atoms with van der Waals surface area (Å²) >= 11 is 0. The summed E-state index contributed by atoms with van der Waals surface area (Å²) in [4.78, 5) is 29.1. The van der Waals surface area contributed by atoms with Gasteiger partial charge in [0.2, 0.25) is 5.91 Å². The Kier molecular flexibility index (Phi) is 5.82. The van der Waals surface area contributed by atoms with Gasteiger partial charge in [0.25, 0.3) is 0 Å². The number of halogens is 1. The van der Waals surface area contributed by atoms with Gasteiger partial charge < -0.3 is 10.2 Å². The van der Waals surface area contributed by atoms with Gasteiger partial charge in [0, 0.05) is 56.3 Å². The van der Waals surface area contributed by atoms with Crippen molar-refractivity contribution >= 4 is 22.8 Å². The molecule has 2 heterocycles. The highest BCUT2D eigenvalue weighted by atomic mass is 19.1. The van der Waals surface area contributed by atoms with Gasteiger partial charge in [0.05, 0.1) is 5.52 Å². The average molecular weight is 415 g/mol. The van der Waals surface area contributed by atoms with E-state index in [1.807, 2.05) is 11.8 Å². The molecule has 0 bridgehead atoms. The van der Waals surface area contributed by atoms with Crippen LogP contribution in [0.1, 0.15) is 45.1 Å². The van der Waals surface area contributed by atoms with Crippen molar-refractivity contribution in [3.05, 3.63) is 35.8 Å². The highest BCUT2D eigenvalue weighted by molar-refractivity contribution is 5.93. The molecule has 1 saturated heterocycles. The van der Waals surface area contributed by atoms with Crippen LogP contribution in [0.4, 0.5) is 9.18 Å². The van der Waals surface area contributed by atoms with Gasteiger partial charge in [0.15, 0.2) is 0 Å². The number of carbonyl (C=O) groups is 2. The van der Waals surface area contributed by atoms with Gasteiger partial charge in [-0.1, -0.05) is 6.07 Å². The summed E-state index contributed by atoms with van der Waals surface area (Å²) in [7, 11) is 0. The number of carbonyl (C=O) groups excluding carboxylic acids is 2. The highest BCUT2D eigenvalue weighted by Gasteiger charge is 2.34. The molecule has 2 aromatic rings. The van der Waals surface area contributed by atoms with Gasteiger partial charge >= 0.3 is 6.03 Å². The molecule has 30 heavy (non-hydrogen) atoms. The number of piperazine rings is 1. The lowest BCUT2D eigenvalue weighted by Crippen LogP contribution is -2.58. The SMILES string of the molecule is CC(=O)N1CCN([C@H]2CCC[C@@H](NC(=O)n3ccc4c(F)ccc(C)c43)C2)C(C)C1. The largest absolute Gasteiger partial charge is 0.340 e. The normalized spacial score (nSPS) is 25.5. The molecule has 1 aliphatic heterocycles. The van der Waals surface area contributed by atoms with E-state index in [4.69, 9.17) is 0 Å². The lowest BCUT2D eigenvalue weighted by Gasteiger charge is -2.46. The van der Waals surface area contributed by atoms with Crippen molar-refractivity contribution in [2.45, 2.75) is 64.6 Å². The monoisotopic (exact) mass is 414 g/mol. The number of benzene rings is 1. The van der Waals surface area contributed by atoms with Crippen LogP contribution < -0.4 is 5.32 Å². The molecule has 162 valence electrons. The van der Waals surface area contributed by atoms with E-state index in [2.05, 4.69) is 17.1 Å². The summed E-state index contributed by atoms with van der Waals surface area (Å²) in [6.45, 7) is 8.13. The summed E-state index contributed by atoms with van der Waals surface area (Å²) in [6.07, 6.45) is 5.70. The maximum atomic E-state index is 14.1. The Labute approximate surface area is 177 Å². The van der Waals surface area contributed by atoms with Crippen molar-refractivity contribution < 1.29 is 14.0 Å². The maximum absolute atomic E-state index is 14.1. The van der Waals surface area contributed by atoms with E-state index in [-0.39, 0.29) is 23.8 Å². The van der Waals surface area contributed by atoms with E-state index in [0.717, 1.165) is 50.9 Å². The van der Waals surface area contributed by atoms with Crippen LogP contribution in [0.5, 0.6) is 0 Å². The number of nitrogens with one attached hydrogen (secondary N) is 1. The second-order valence-corrected chi connectivity index (χ2v) is 8.83. The predicted octanol–water partition coefficient (Wildman–Crippen LogP) is 3.51. The van der Waals surface area contributed by atoms with Crippen molar-refractivity contribution in [2.24, 2.45) is 0 Å². The molecule has 6 nitrogen and oxygen atoms in total. The topological polar surface area (TPSA) is 57.6 Å². The van der Waals surface area contributed by atoms with Crippen LogP contribution in [0.25, 0.3) is 10.9 Å². The first-order chi connectivity index (χ1) is 14.3. The van der Waals surface area contributed by atoms with Crippen LogP contribution >= 0.6 is 0 Å². The first kappa shape index (κ1) is 20.8. The number of aryl methyl sites for hydroxylation is 1. The molecule has 1 N–H and O–H groups in total. The molecule has 1 aliphatic carbocycles. The minimum absolute atomic E-state index is 0.0978. The first-order valence-corrected chi connectivity index (χ1v) is 10.9. The fourth-order valence-corrected chi connectivity index (χ4v) is 5.20.